The summed E-state index contributed by atoms with van der Waals surface area (Å²) < 4.78 is 16.3. The lowest BCUT2D eigenvalue weighted by molar-refractivity contribution is -0.00445. The predicted octanol–water partition coefficient (Wildman–Crippen LogP) is 1.34. The van der Waals surface area contributed by atoms with Gasteiger partial charge in [-0.15, -0.1) is 0 Å². The molecule has 1 atom stereocenters. The Bertz CT molecular complexity index is 372. The average molecular weight is 335 g/mol. The third-order valence-corrected chi connectivity index (χ3v) is 2.86. The molecule has 1 unspecified atom stereocenters. The number of aliphatic hydroxyl groups excluding tert-OH is 2. The molecule has 0 bridgehead atoms. The van der Waals surface area contributed by atoms with Gasteiger partial charge in [-0.2, -0.15) is 0 Å². The summed E-state index contributed by atoms with van der Waals surface area (Å²) in [7, 11) is 1.59. The fourth-order valence-corrected chi connectivity index (χ4v) is 1.82. The Morgan fingerprint density at radius 3 is 2.74 bits per heavy atom. The van der Waals surface area contributed by atoms with Crippen LogP contribution in [0, 0.1) is 0 Å². The fourth-order valence-electron chi connectivity index (χ4n) is 1.41. The van der Waals surface area contributed by atoms with Gasteiger partial charge < -0.3 is 24.4 Å². The quantitative estimate of drug-likeness (QED) is 0.667. The van der Waals surface area contributed by atoms with Gasteiger partial charge in [0.1, 0.15) is 18.5 Å². The van der Waals surface area contributed by atoms with Crippen molar-refractivity contribution in [2.45, 2.75) is 12.7 Å². The largest absolute Gasteiger partial charge is 0.490 e. The number of methoxy groups -OCH3 is 1. The van der Waals surface area contributed by atoms with E-state index in [1.165, 1.54) is 0 Å². The van der Waals surface area contributed by atoms with Crippen molar-refractivity contribution in [2.75, 3.05) is 33.5 Å². The van der Waals surface area contributed by atoms with Gasteiger partial charge in [0.15, 0.2) is 0 Å². The Kier molecular flexibility index (Phi) is 8.00. The van der Waals surface area contributed by atoms with Crippen molar-refractivity contribution < 1.29 is 24.4 Å². The molecule has 5 nitrogen and oxygen atoms in total. The second-order valence-electron chi connectivity index (χ2n) is 3.94. The fraction of sp³-hybridized carbons (Fsp3) is 0.538. The van der Waals surface area contributed by atoms with Crippen LogP contribution in [0.25, 0.3) is 0 Å². The Hall–Kier alpha value is -0.660. The van der Waals surface area contributed by atoms with Gasteiger partial charge in [-0.05, 0) is 18.2 Å². The van der Waals surface area contributed by atoms with Crippen molar-refractivity contribution in [3.05, 3.63) is 28.2 Å². The molecule has 0 aromatic heterocycles. The standard InChI is InChI=1S/C13H19BrO5/c1-17-4-5-18-8-12(16)9-19-13-3-2-11(14)6-10(13)7-15/h2-3,6,12,15-16H,4-5,7-9H2,1H3. The van der Waals surface area contributed by atoms with Crippen molar-refractivity contribution >= 4 is 15.9 Å². The molecule has 1 aromatic rings. The minimum atomic E-state index is -0.716. The molecular weight excluding hydrogens is 316 g/mol. The third kappa shape index (κ3) is 6.35. The summed E-state index contributed by atoms with van der Waals surface area (Å²) >= 11 is 3.32. The SMILES string of the molecule is COCCOCC(O)COc1ccc(Br)cc1CO. The first kappa shape index (κ1) is 16.4. The summed E-state index contributed by atoms with van der Waals surface area (Å²) in [5.74, 6) is 0.557. The van der Waals surface area contributed by atoms with Crippen molar-refractivity contribution in [1.29, 1.82) is 0 Å². The van der Waals surface area contributed by atoms with E-state index in [4.69, 9.17) is 14.2 Å². The van der Waals surface area contributed by atoms with Crippen LogP contribution in [-0.2, 0) is 16.1 Å². The van der Waals surface area contributed by atoms with Gasteiger partial charge >= 0.3 is 0 Å². The Morgan fingerprint density at radius 1 is 1.26 bits per heavy atom. The van der Waals surface area contributed by atoms with E-state index in [1.807, 2.05) is 6.07 Å². The van der Waals surface area contributed by atoms with Crippen molar-refractivity contribution in [3.8, 4) is 5.75 Å². The molecular formula is C13H19BrO5. The zero-order chi connectivity index (χ0) is 14.1. The van der Waals surface area contributed by atoms with Crippen LogP contribution >= 0.6 is 15.9 Å². The van der Waals surface area contributed by atoms with Crippen LogP contribution in [-0.4, -0.2) is 49.9 Å². The molecule has 0 amide bonds. The highest BCUT2D eigenvalue weighted by molar-refractivity contribution is 9.10. The molecule has 0 aliphatic heterocycles. The Labute approximate surface area is 121 Å². The van der Waals surface area contributed by atoms with E-state index in [-0.39, 0.29) is 19.8 Å². The van der Waals surface area contributed by atoms with Gasteiger partial charge in [-0.3, -0.25) is 0 Å². The van der Waals surface area contributed by atoms with Crippen LogP contribution in [0.1, 0.15) is 5.56 Å². The number of aliphatic hydroxyl groups is 2. The van der Waals surface area contributed by atoms with Crippen LogP contribution in [0.2, 0.25) is 0 Å². The molecule has 1 rings (SSSR count). The first-order chi connectivity index (χ1) is 9.17. The summed E-state index contributed by atoms with van der Waals surface area (Å²) in [6, 6.07) is 5.33. The van der Waals surface area contributed by atoms with Gasteiger partial charge in [-0.25, -0.2) is 0 Å². The predicted molar refractivity (Wildman–Crippen MR) is 74.3 cm³/mol. The second kappa shape index (κ2) is 9.28. The van der Waals surface area contributed by atoms with Crippen LogP contribution in [0.5, 0.6) is 5.75 Å². The van der Waals surface area contributed by atoms with Crippen molar-refractivity contribution in [3.63, 3.8) is 0 Å². The summed E-state index contributed by atoms with van der Waals surface area (Å²) in [6.07, 6.45) is -0.716. The highest BCUT2D eigenvalue weighted by atomic mass is 79.9. The second-order valence-corrected chi connectivity index (χ2v) is 4.86. The number of benzene rings is 1. The number of rotatable bonds is 9. The molecule has 108 valence electrons. The summed E-state index contributed by atoms with van der Waals surface area (Å²) in [6.45, 7) is 1.12. The van der Waals surface area contributed by atoms with E-state index < -0.39 is 6.10 Å². The number of hydrogen-bond donors (Lipinski definition) is 2. The van der Waals surface area contributed by atoms with Gasteiger partial charge in [-0.1, -0.05) is 15.9 Å². The minimum Gasteiger partial charge on any atom is -0.490 e. The van der Waals surface area contributed by atoms with Crippen molar-refractivity contribution in [1.82, 2.24) is 0 Å². The lowest BCUT2D eigenvalue weighted by Gasteiger charge is -2.14. The molecule has 19 heavy (non-hydrogen) atoms. The highest BCUT2D eigenvalue weighted by Gasteiger charge is 2.08. The maximum absolute atomic E-state index is 9.67. The third-order valence-electron chi connectivity index (χ3n) is 2.37. The molecule has 0 aliphatic carbocycles. The number of ether oxygens (including phenoxy) is 3. The first-order valence-electron chi connectivity index (χ1n) is 5.94. The first-order valence-corrected chi connectivity index (χ1v) is 6.73. The summed E-state index contributed by atoms with van der Waals surface area (Å²) in [5.41, 5.74) is 0.668. The normalized spacial score (nSPS) is 12.4. The van der Waals surface area contributed by atoms with E-state index in [0.717, 1.165) is 4.47 Å². The van der Waals surface area contributed by atoms with E-state index in [2.05, 4.69) is 15.9 Å². The zero-order valence-corrected chi connectivity index (χ0v) is 12.4. The maximum atomic E-state index is 9.67. The van der Waals surface area contributed by atoms with E-state index in [9.17, 15) is 10.2 Å². The number of hydrogen-bond acceptors (Lipinski definition) is 5. The minimum absolute atomic E-state index is 0.113. The molecule has 0 spiro atoms. The molecule has 2 N–H and O–H groups in total. The molecule has 0 fully saturated rings. The lowest BCUT2D eigenvalue weighted by atomic mass is 10.2. The van der Waals surface area contributed by atoms with Crippen LogP contribution in [0.15, 0.2) is 22.7 Å². The highest BCUT2D eigenvalue weighted by Crippen LogP contribution is 2.23. The molecule has 6 heteroatoms. The maximum Gasteiger partial charge on any atom is 0.125 e. The van der Waals surface area contributed by atoms with Gasteiger partial charge in [0.05, 0.1) is 26.4 Å². The molecule has 0 radical (unpaired) electrons. The van der Waals surface area contributed by atoms with Gasteiger partial charge in [0.2, 0.25) is 0 Å². The van der Waals surface area contributed by atoms with Crippen LogP contribution in [0.4, 0.5) is 0 Å². The molecule has 0 saturated heterocycles. The van der Waals surface area contributed by atoms with Crippen LogP contribution in [0.3, 0.4) is 0 Å². The molecule has 0 heterocycles. The molecule has 0 aliphatic rings. The Balaban J connectivity index is 2.35. The van der Waals surface area contributed by atoms with E-state index in [1.54, 1.807) is 19.2 Å². The van der Waals surface area contributed by atoms with E-state index >= 15 is 0 Å². The Morgan fingerprint density at radius 2 is 2.05 bits per heavy atom. The lowest BCUT2D eigenvalue weighted by Crippen LogP contribution is -2.24. The van der Waals surface area contributed by atoms with Gasteiger partial charge in [0.25, 0.3) is 0 Å². The van der Waals surface area contributed by atoms with Crippen molar-refractivity contribution in [2.24, 2.45) is 0 Å². The molecule has 0 saturated carbocycles. The monoisotopic (exact) mass is 334 g/mol. The smallest absolute Gasteiger partial charge is 0.125 e. The number of halogens is 1. The van der Waals surface area contributed by atoms with Gasteiger partial charge in [0, 0.05) is 17.1 Å². The average Bonchev–Trinajstić information content (AvgIpc) is 2.42. The molecule has 1 aromatic carbocycles. The van der Waals surface area contributed by atoms with Crippen LogP contribution < -0.4 is 4.74 Å². The zero-order valence-electron chi connectivity index (χ0n) is 10.8. The summed E-state index contributed by atoms with van der Waals surface area (Å²) in [4.78, 5) is 0. The summed E-state index contributed by atoms with van der Waals surface area (Å²) in [5, 5.41) is 18.9. The topological polar surface area (TPSA) is 68.2 Å². The van der Waals surface area contributed by atoms with E-state index in [0.29, 0.717) is 24.5 Å².